The van der Waals surface area contributed by atoms with Crippen LogP contribution in [-0.4, -0.2) is 28.4 Å². The second kappa shape index (κ2) is 7.22. The lowest BCUT2D eigenvalue weighted by molar-refractivity contribution is -0.118. The Morgan fingerprint density at radius 2 is 1.73 bits per heavy atom. The lowest BCUT2D eigenvalue weighted by Gasteiger charge is -2.08. The van der Waals surface area contributed by atoms with E-state index in [9.17, 15) is 9.59 Å². The summed E-state index contributed by atoms with van der Waals surface area (Å²) >= 11 is 0. The molecule has 8 heteroatoms. The molecule has 0 aliphatic rings. The highest BCUT2D eigenvalue weighted by Gasteiger charge is 2.15. The van der Waals surface area contributed by atoms with E-state index in [1.54, 1.807) is 24.3 Å². The second-order valence-electron chi connectivity index (χ2n) is 5.74. The molecule has 26 heavy (non-hydrogen) atoms. The standard InChI is InChI=1S/C18H18N4O4/c1-10-11(2)26-18-16(10)17(19-9-20-18)25-8-15(24)22-14-6-4-13(5-7-14)21-12(3)23/h4-7,9H,8H2,1-3H3,(H,21,23)(H,22,24). The maximum atomic E-state index is 12.1. The highest BCUT2D eigenvalue weighted by atomic mass is 16.5. The van der Waals surface area contributed by atoms with E-state index in [1.807, 2.05) is 13.8 Å². The quantitative estimate of drug-likeness (QED) is 0.730. The molecule has 0 bridgehead atoms. The van der Waals surface area contributed by atoms with Gasteiger partial charge in [-0.15, -0.1) is 0 Å². The van der Waals surface area contributed by atoms with Crippen LogP contribution < -0.4 is 15.4 Å². The Bertz CT molecular complexity index is 963. The number of aryl methyl sites for hydroxylation is 2. The smallest absolute Gasteiger partial charge is 0.262 e. The van der Waals surface area contributed by atoms with Crippen LogP contribution in [0.3, 0.4) is 0 Å². The van der Waals surface area contributed by atoms with Crippen molar-refractivity contribution in [3.63, 3.8) is 0 Å². The number of fused-ring (bicyclic) bond motifs is 1. The zero-order valence-electron chi connectivity index (χ0n) is 14.6. The van der Waals surface area contributed by atoms with Crippen LogP contribution >= 0.6 is 0 Å². The van der Waals surface area contributed by atoms with Crippen molar-refractivity contribution < 1.29 is 18.7 Å². The number of furan rings is 1. The molecule has 8 nitrogen and oxygen atoms in total. The van der Waals surface area contributed by atoms with E-state index in [1.165, 1.54) is 13.3 Å². The van der Waals surface area contributed by atoms with Crippen molar-refractivity contribution in [2.24, 2.45) is 0 Å². The van der Waals surface area contributed by atoms with Gasteiger partial charge in [0, 0.05) is 23.9 Å². The third-order valence-corrected chi connectivity index (χ3v) is 3.76. The Hall–Kier alpha value is -3.42. The Kier molecular flexibility index (Phi) is 4.83. The number of amides is 2. The summed E-state index contributed by atoms with van der Waals surface area (Å²) in [4.78, 5) is 31.2. The van der Waals surface area contributed by atoms with Crippen LogP contribution in [0.2, 0.25) is 0 Å². The molecule has 3 aromatic rings. The summed E-state index contributed by atoms with van der Waals surface area (Å²) in [6.07, 6.45) is 1.33. The van der Waals surface area contributed by atoms with Crippen LogP contribution in [0, 0.1) is 13.8 Å². The molecule has 2 amide bonds. The van der Waals surface area contributed by atoms with Gasteiger partial charge in [-0.2, -0.15) is 0 Å². The average molecular weight is 354 g/mol. The first-order valence-electron chi connectivity index (χ1n) is 7.95. The first-order valence-corrected chi connectivity index (χ1v) is 7.95. The molecule has 134 valence electrons. The molecule has 0 unspecified atom stereocenters. The molecule has 2 aromatic heterocycles. The summed E-state index contributed by atoms with van der Waals surface area (Å²) in [6.45, 7) is 4.94. The number of aromatic nitrogens is 2. The zero-order valence-corrected chi connectivity index (χ0v) is 14.6. The second-order valence-corrected chi connectivity index (χ2v) is 5.74. The van der Waals surface area contributed by atoms with Gasteiger partial charge in [0.05, 0.1) is 0 Å². The predicted molar refractivity (Wildman–Crippen MR) is 96.1 cm³/mol. The van der Waals surface area contributed by atoms with Gasteiger partial charge in [0.2, 0.25) is 17.5 Å². The first kappa shape index (κ1) is 17.4. The van der Waals surface area contributed by atoms with Crippen molar-refractivity contribution in [2.45, 2.75) is 20.8 Å². The molecule has 0 aliphatic carbocycles. The fraction of sp³-hybridized carbons (Fsp3) is 0.222. The predicted octanol–water partition coefficient (Wildman–Crippen LogP) is 2.82. The minimum atomic E-state index is -0.332. The summed E-state index contributed by atoms with van der Waals surface area (Å²) in [5.41, 5.74) is 2.56. The Morgan fingerprint density at radius 1 is 1.08 bits per heavy atom. The van der Waals surface area contributed by atoms with E-state index >= 15 is 0 Å². The fourth-order valence-corrected chi connectivity index (χ4v) is 2.43. The third-order valence-electron chi connectivity index (χ3n) is 3.76. The van der Waals surface area contributed by atoms with Crippen molar-refractivity contribution in [1.29, 1.82) is 0 Å². The van der Waals surface area contributed by atoms with Crippen molar-refractivity contribution in [1.82, 2.24) is 9.97 Å². The minimum Gasteiger partial charge on any atom is -0.467 e. The van der Waals surface area contributed by atoms with E-state index < -0.39 is 0 Å². The number of benzene rings is 1. The number of nitrogens with one attached hydrogen (secondary N) is 2. The van der Waals surface area contributed by atoms with Gasteiger partial charge in [0.15, 0.2) is 6.61 Å². The van der Waals surface area contributed by atoms with Gasteiger partial charge < -0.3 is 19.8 Å². The van der Waals surface area contributed by atoms with Gasteiger partial charge in [0.25, 0.3) is 5.91 Å². The molecule has 0 spiro atoms. The number of ether oxygens (including phenoxy) is 1. The third kappa shape index (κ3) is 3.80. The highest BCUT2D eigenvalue weighted by Crippen LogP contribution is 2.29. The van der Waals surface area contributed by atoms with Crippen molar-refractivity contribution in [3.8, 4) is 5.88 Å². The Labute approximate surface area is 149 Å². The SMILES string of the molecule is CC(=O)Nc1ccc(NC(=O)COc2ncnc3oc(C)c(C)c23)cc1. The van der Waals surface area contributed by atoms with Crippen molar-refractivity contribution >= 4 is 34.3 Å². The van der Waals surface area contributed by atoms with E-state index in [-0.39, 0.29) is 18.4 Å². The molecule has 0 aliphatic heterocycles. The lowest BCUT2D eigenvalue weighted by atomic mass is 10.2. The zero-order chi connectivity index (χ0) is 18.7. The molecule has 0 saturated heterocycles. The summed E-state index contributed by atoms with van der Waals surface area (Å²) in [5, 5.41) is 6.04. The molecule has 1 aromatic carbocycles. The number of carbonyl (C=O) groups is 2. The highest BCUT2D eigenvalue weighted by molar-refractivity contribution is 5.93. The Balaban J connectivity index is 1.63. The number of rotatable bonds is 5. The summed E-state index contributed by atoms with van der Waals surface area (Å²) in [7, 11) is 0. The topological polar surface area (TPSA) is 106 Å². The molecule has 2 heterocycles. The molecule has 0 radical (unpaired) electrons. The monoisotopic (exact) mass is 354 g/mol. The van der Waals surface area contributed by atoms with Crippen LogP contribution in [-0.2, 0) is 9.59 Å². The Morgan fingerprint density at radius 3 is 2.38 bits per heavy atom. The van der Waals surface area contributed by atoms with Crippen LogP contribution in [0.1, 0.15) is 18.2 Å². The van der Waals surface area contributed by atoms with Gasteiger partial charge >= 0.3 is 0 Å². The number of anilines is 2. The summed E-state index contributed by atoms with van der Waals surface area (Å²) in [6, 6.07) is 6.78. The van der Waals surface area contributed by atoms with Crippen LogP contribution in [0.5, 0.6) is 5.88 Å². The average Bonchev–Trinajstić information content (AvgIpc) is 2.89. The van der Waals surface area contributed by atoms with Crippen LogP contribution in [0.25, 0.3) is 11.1 Å². The number of nitrogens with zero attached hydrogens (tertiary/aromatic N) is 2. The van der Waals surface area contributed by atoms with Crippen LogP contribution in [0.4, 0.5) is 11.4 Å². The molecular formula is C18H18N4O4. The van der Waals surface area contributed by atoms with E-state index in [0.717, 1.165) is 11.3 Å². The summed E-state index contributed by atoms with van der Waals surface area (Å²) < 4.78 is 11.1. The number of hydrogen-bond donors (Lipinski definition) is 2. The minimum absolute atomic E-state index is 0.156. The lowest BCUT2D eigenvalue weighted by Crippen LogP contribution is -2.20. The van der Waals surface area contributed by atoms with Gasteiger partial charge in [-0.3, -0.25) is 9.59 Å². The van der Waals surface area contributed by atoms with Gasteiger partial charge in [-0.25, -0.2) is 9.97 Å². The number of hydrogen-bond acceptors (Lipinski definition) is 6. The number of carbonyl (C=O) groups excluding carboxylic acids is 2. The van der Waals surface area contributed by atoms with E-state index in [4.69, 9.17) is 9.15 Å². The molecular weight excluding hydrogens is 336 g/mol. The maximum Gasteiger partial charge on any atom is 0.262 e. The van der Waals surface area contributed by atoms with Gasteiger partial charge in [0.1, 0.15) is 17.5 Å². The molecule has 3 rings (SSSR count). The molecule has 0 fully saturated rings. The van der Waals surface area contributed by atoms with E-state index in [2.05, 4.69) is 20.6 Å². The fourth-order valence-electron chi connectivity index (χ4n) is 2.43. The van der Waals surface area contributed by atoms with Crippen molar-refractivity contribution in [3.05, 3.63) is 41.9 Å². The maximum absolute atomic E-state index is 12.1. The molecule has 2 N–H and O–H groups in total. The van der Waals surface area contributed by atoms with Gasteiger partial charge in [-0.1, -0.05) is 0 Å². The van der Waals surface area contributed by atoms with E-state index in [0.29, 0.717) is 28.4 Å². The normalized spacial score (nSPS) is 10.6. The first-order chi connectivity index (χ1) is 12.4. The molecule has 0 atom stereocenters. The van der Waals surface area contributed by atoms with Crippen molar-refractivity contribution in [2.75, 3.05) is 17.2 Å². The largest absolute Gasteiger partial charge is 0.467 e. The summed E-state index contributed by atoms with van der Waals surface area (Å²) in [5.74, 6) is 0.549. The van der Waals surface area contributed by atoms with Gasteiger partial charge in [-0.05, 0) is 38.1 Å². The molecule has 0 saturated carbocycles. The van der Waals surface area contributed by atoms with Crippen LogP contribution in [0.15, 0.2) is 35.0 Å².